The van der Waals surface area contributed by atoms with Gasteiger partial charge in [0.05, 0.1) is 11.9 Å². The first-order chi connectivity index (χ1) is 8.66. The molecule has 0 unspecified atom stereocenters. The maximum absolute atomic E-state index is 11.9. The Morgan fingerprint density at radius 1 is 1.33 bits per heavy atom. The van der Waals surface area contributed by atoms with Crippen LogP contribution in [0.1, 0.15) is 23.3 Å². The van der Waals surface area contributed by atoms with Crippen LogP contribution in [0.5, 0.6) is 0 Å². The average Bonchev–Trinajstić information content (AvgIpc) is 2.40. The summed E-state index contributed by atoms with van der Waals surface area (Å²) in [6.45, 7) is 1.71. The highest BCUT2D eigenvalue weighted by Gasteiger charge is 2.20. The van der Waals surface area contributed by atoms with E-state index in [9.17, 15) is 9.59 Å². The van der Waals surface area contributed by atoms with Crippen molar-refractivity contribution in [1.82, 2.24) is 10.3 Å². The summed E-state index contributed by atoms with van der Waals surface area (Å²) < 4.78 is 0. The highest BCUT2D eigenvalue weighted by molar-refractivity contribution is 5.93. The van der Waals surface area contributed by atoms with Crippen molar-refractivity contribution in [2.75, 3.05) is 18.4 Å². The third kappa shape index (κ3) is 3.04. The number of hydrogen-bond acceptors (Lipinski definition) is 4. The molecule has 1 amide bonds. The summed E-state index contributed by atoms with van der Waals surface area (Å²) in [7, 11) is 0. The molecule has 0 aliphatic carbocycles. The zero-order valence-corrected chi connectivity index (χ0v) is 9.85. The Hall–Kier alpha value is -1.95. The first kappa shape index (κ1) is 12.5. The molecule has 0 radical (unpaired) electrons. The molecule has 2 heterocycles. The quantitative estimate of drug-likeness (QED) is 0.734. The lowest BCUT2D eigenvalue weighted by Crippen LogP contribution is -2.34. The molecular weight excluding hydrogens is 234 g/mol. The van der Waals surface area contributed by atoms with Crippen molar-refractivity contribution in [3.05, 3.63) is 24.0 Å². The fourth-order valence-electron chi connectivity index (χ4n) is 1.92. The van der Waals surface area contributed by atoms with Gasteiger partial charge in [0.1, 0.15) is 5.69 Å². The zero-order chi connectivity index (χ0) is 13.0. The molecule has 18 heavy (non-hydrogen) atoms. The summed E-state index contributed by atoms with van der Waals surface area (Å²) in [5.74, 6) is -1.09. The van der Waals surface area contributed by atoms with Crippen LogP contribution in [0.25, 0.3) is 0 Å². The van der Waals surface area contributed by atoms with Gasteiger partial charge < -0.3 is 15.7 Å². The fraction of sp³-hybridized carbons (Fsp3) is 0.417. The minimum atomic E-state index is -1.08. The highest BCUT2D eigenvalue weighted by atomic mass is 16.4. The van der Waals surface area contributed by atoms with E-state index in [1.807, 2.05) is 0 Å². The molecule has 1 aliphatic heterocycles. The number of nitrogens with zero attached hydrogens (tertiary/aromatic N) is 1. The number of carboxylic acid groups (broad SMARTS) is 1. The van der Waals surface area contributed by atoms with Crippen LogP contribution < -0.4 is 10.6 Å². The van der Waals surface area contributed by atoms with Crippen molar-refractivity contribution in [3.8, 4) is 0 Å². The Balaban J connectivity index is 1.96. The maximum atomic E-state index is 11.9. The predicted octanol–water partition coefficient (Wildman–Crippen LogP) is 0.718. The van der Waals surface area contributed by atoms with Gasteiger partial charge in [-0.15, -0.1) is 0 Å². The summed E-state index contributed by atoms with van der Waals surface area (Å²) in [5, 5.41) is 14.7. The Morgan fingerprint density at radius 3 is 2.61 bits per heavy atom. The summed E-state index contributed by atoms with van der Waals surface area (Å²) >= 11 is 0. The smallest absolute Gasteiger partial charge is 0.354 e. The largest absolute Gasteiger partial charge is 0.477 e. The molecular formula is C12H15N3O3. The number of carboxylic acids is 1. The van der Waals surface area contributed by atoms with Gasteiger partial charge >= 0.3 is 5.97 Å². The van der Waals surface area contributed by atoms with Crippen LogP contribution in [0, 0.1) is 5.92 Å². The Bertz CT molecular complexity index is 438. The van der Waals surface area contributed by atoms with Crippen LogP contribution >= 0.6 is 0 Å². The molecule has 1 aromatic rings. The molecule has 2 rings (SSSR count). The summed E-state index contributed by atoms with van der Waals surface area (Å²) in [6.07, 6.45) is 3.02. The van der Waals surface area contributed by atoms with Crippen LogP contribution in [0.3, 0.4) is 0 Å². The normalized spacial score (nSPS) is 16.2. The standard InChI is InChI=1S/C12H15N3O3/c16-11(8-3-5-13-6-4-8)15-9-1-2-10(12(17)18)14-7-9/h1-2,7-8,13H,3-6H2,(H,15,16)(H,17,18). The van der Waals surface area contributed by atoms with Crippen molar-refractivity contribution < 1.29 is 14.7 Å². The van der Waals surface area contributed by atoms with Crippen molar-refractivity contribution >= 4 is 17.6 Å². The molecule has 1 fully saturated rings. The molecule has 6 nitrogen and oxygen atoms in total. The van der Waals surface area contributed by atoms with Crippen LogP contribution in [-0.2, 0) is 4.79 Å². The van der Waals surface area contributed by atoms with Gasteiger partial charge in [0.15, 0.2) is 0 Å². The number of piperidine rings is 1. The number of hydrogen-bond donors (Lipinski definition) is 3. The summed E-state index contributed by atoms with van der Waals surface area (Å²) in [5.41, 5.74) is 0.499. The molecule has 0 spiro atoms. The number of rotatable bonds is 3. The zero-order valence-electron chi connectivity index (χ0n) is 9.85. The second kappa shape index (κ2) is 5.59. The van der Waals surface area contributed by atoms with Gasteiger partial charge in [0, 0.05) is 5.92 Å². The SMILES string of the molecule is O=C(O)c1ccc(NC(=O)C2CCNCC2)cn1. The van der Waals surface area contributed by atoms with E-state index in [2.05, 4.69) is 15.6 Å². The topological polar surface area (TPSA) is 91.3 Å². The van der Waals surface area contributed by atoms with Crippen LogP contribution in [-0.4, -0.2) is 35.1 Å². The van der Waals surface area contributed by atoms with Gasteiger partial charge in [-0.2, -0.15) is 0 Å². The molecule has 0 atom stereocenters. The number of pyridine rings is 1. The van der Waals surface area contributed by atoms with Crippen LogP contribution in [0.15, 0.2) is 18.3 Å². The second-order valence-corrected chi connectivity index (χ2v) is 4.25. The van der Waals surface area contributed by atoms with Gasteiger partial charge in [-0.3, -0.25) is 4.79 Å². The predicted molar refractivity (Wildman–Crippen MR) is 65.4 cm³/mol. The Kier molecular flexibility index (Phi) is 3.88. The van der Waals surface area contributed by atoms with Gasteiger partial charge in [-0.1, -0.05) is 0 Å². The Labute approximate surface area is 104 Å². The van der Waals surface area contributed by atoms with E-state index in [1.165, 1.54) is 12.3 Å². The molecule has 6 heteroatoms. The van der Waals surface area contributed by atoms with Crippen LogP contribution in [0.2, 0.25) is 0 Å². The number of nitrogens with one attached hydrogen (secondary N) is 2. The number of carbonyl (C=O) groups is 2. The number of anilines is 1. The minimum Gasteiger partial charge on any atom is -0.477 e. The first-order valence-electron chi connectivity index (χ1n) is 5.88. The maximum Gasteiger partial charge on any atom is 0.354 e. The first-order valence-corrected chi connectivity index (χ1v) is 5.88. The molecule has 0 bridgehead atoms. The van der Waals surface area contributed by atoms with Crippen molar-refractivity contribution in [1.29, 1.82) is 0 Å². The lowest BCUT2D eigenvalue weighted by atomic mass is 9.97. The molecule has 0 aromatic carbocycles. The molecule has 0 saturated carbocycles. The van der Waals surface area contributed by atoms with Crippen molar-refractivity contribution in [3.63, 3.8) is 0 Å². The number of amides is 1. The van der Waals surface area contributed by atoms with E-state index in [0.717, 1.165) is 25.9 Å². The molecule has 1 aromatic heterocycles. The van der Waals surface area contributed by atoms with E-state index in [0.29, 0.717) is 5.69 Å². The molecule has 1 aliphatic rings. The monoisotopic (exact) mass is 249 g/mol. The van der Waals surface area contributed by atoms with E-state index in [1.54, 1.807) is 6.07 Å². The van der Waals surface area contributed by atoms with E-state index >= 15 is 0 Å². The Morgan fingerprint density at radius 2 is 2.06 bits per heavy atom. The lowest BCUT2D eigenvalue weighted by Gasteiger charge is -2.21. The number of aromatic nitrogens is 1. The average molecular weight is 249 g/mol. The van der Waals surface area contributed by atoms with E-state index < -0.39 is 5.97 Å². The fourth-order valence-corrected chi connectivity index (χ4v) is 1.92. The second-order valence-electron chi connectivity index (χ2n) is 4.25. The number of aromatic carboxylic acids is 1. The molecule has 96 valence electrons. The van der Waals surface area contributed by atoms with Gasteiger partial charge in [0.25, 0.3) is 0 Å². The summed E-state index contributed by atoms with van der Waals surface area (Å²) in [6, 6.07) is 2.93. The van der Waals surface area contributed by atoms with E-state index in [-0.39, 0.29) is 17.5 Å². The van der Waals surface area contributed by atoms with Gasteiger partial charge in [-0.25, -0.2) is 9.78 Å². The van der Waals surface area contributed by atoms with Crippen LogP contribution in [0.4, 0.5) is 5.69 Å². The van der Waals surface area contributed by atoms with Gasteiger partial charge in [0.2, 0.25) is 5.91 Å². The van der Waals surface area contributed by atoms with Crippen molar-refractivity contribution in [2.45, 2.75) is 12.8 Å². The third-order valence-corrected chi connectivity index (χ3v) is 2.96. The molecule has 1 saturated heterocycles. The minimum absolute atomic E-state index is 0.0189. The summed E-state index contributed by atoms with van der Waals surface area (Å²) in [4.78, 5) is 26.3. The lowest BCUT2D eigenvalue weighted by molar-refractivity contribution is -0.120. The van der Waals surface area contributed by atoms with Gasteiger partial charge in [-0.05, 0) is 38.1 Å². The molecule has 3 N–H and O–H groups in total. The number of carbonyl (C=O) groups excluding carboxylic acids is 1. The van der Waals surface area contributed by atoms with E-state index in [4.69, 9.17) is 5.11 Å². The third-order valence-electron chi connectivity index (χ3n) is 2.96. The van der Waals surface area contributed by atoms with Crippen molar-refractivity contribution in [2.24, 2.45) is 5.92 Å². The highest BCUT2D eigenvalue weighted by Crippen LogP contribution is 2.15.